The minimum Gasteiger partial charge on any atom is -0.390 e. The second-order valence-corrected chi connectivity index (χ2v) is 5.03. The van der Waals surface area contributed by atoms with Crippen LogP contribution in [0.15, 0.2) is 42.7 Å². The van der Waals surface area contributed by atoms with Crippen LogP contribution in [0.25, 0.3) is 11.1 Å². The van der Waals surface area contributed by atoms with Crippen molar-refractivity contribution in [2.45, 2.75) is 32.5 Å². The maximum absolute atomic E-state index is 9.91. The summed E-state index contributed by atoms with van der Waals surface area (Å²) in [7, 11) is 0. The largest absolute Gasteiger partial charge is 0.390 e. The third-order valence-corrected chi connectivity index (χ3v) is 2.90. The SMILES string of the molecule is CC(C)NCC(O)Cn1cc(-c2ccccc2)cn1. The molecule has 0 saturated heterocycles. The zero-order valence-corrected chi connectivity index (χ0v) is 11.5. The maximum atomic E-state index is 9.91. The van der Waals surface area contributed by atoms with Crippen LogP contribution in [0.2, 0.25) is 0 Å². The van der Waals surface area contributed by atoms with E-state index in [0.29, 0.717) is 19.1 Å². The zero-order chi connectivity index (χ0) is 13.7. The molecule has 1 aromatic carbocycles. The van der Waals surface area contributed by atoms with Crippen LogP contribution in [0.3, 0.4) is 0 Å². The maximum Gasteiger partial charge on any atom is 0.0860 e. The van der Waals surface area contributed by atoms with E-state index in [2.05, 4.69) is 36.4 Å². The molecule has 0 saturated carbocycles. The molecule has 2 aromatic rings. The van der Waals surface area contributed by atoms with Gasteiger partial charge in [-0.1, -0.05) is 44.2 Å². The van der Waals surface area contributed by atoms with Crippen molar-refractivity contribution in [3.63, 3.8) is 0 Å². The van der Waals surface area contributed by atoms with E-state index >= 15 is 0 Å². The number of hydrogen-bond acceptors (Lipinski definition) is 3. The molecule has 2 rings (SSSR count). The molecule has 0 amide bonds. The quantitative estimate of drug-likeness (QED) is 0.833. The van der Waals surface area contributed by atoms with Crippen LogP contribution in [-0.2, 0) is 6.54 Å². The molecular formula is C15H21N3O. The lowest BCUT2D eigenvalue weighted by Gasteiger charge is -2.13. The average Bonchev–Trinajstić information content (AvgIpc) is 2.86. The molecule has 0 spiro atoms. The summed E-state index contributed by atoms with van der Waals surface area (Å²) in [6, 6.07) is 10.5. The lowest BCUT2D eigenvalue weighted by Crippen LogP contribution is -2.34. The van der Waals surface area contributed by atoms with Crippen LogP contribution >= 0.6 is 0 Å². The van der Waals surface area contributed by atoms with Gasteiger partial charge in [0.2, 0.25) is 0 Å². The van der Waals surface area contributed by atoms with Crippen molar-refractivity contribution in [3.8, 4) is 11.1 Å². The van der Waals surface area contributed by atoms with E-state index in [1.807, 2.05) is 30.6 Å². The van der Waals surface area contributed by atoms with Crippen LogP contribution < -0.4 is 5.32 Å². The van der Waals surface area contributed by atoms with Gasteiger partial charge in [-0.2, -0.15) is 5.10 Å². The first-order valence-corrected chi connectivity index (χ1v) is 6.64. The molecule has 0 aliphatic heterocycles. The first kappa shape index (κ1) is 13.8. The van der Waals surface area contributed by atoms with Crippen molar-refractivity contribution >= 4 is 0 Å². The summed E-state index contributed by atoms with van der Waals surface area (Å²) in [4.78, 5) is 0. The Kier molecular flexibility index (Phi) is 4.71. The molecule has 1 aromatic heterocycles. The minimum atomic E-state index is -0.425. The zero-order valence-electron chi connectivity index (χ0n) is 11.5. The lowest BCUT2D eigenvalue weighted by molar-refractivity contribution is 0.144. The number of rotatable bonds is 6. The van der Waals surface area contributed by atoms with Gasteiger partial charge < -0.3 is 10.4 Å². The summed E-state index contributed by atoms with van der Waals surface area (Å²) in [5, 5.41) is 17.4. The third-order valence-electron chi connectivity index (χ3n) is 2.90. The van der Waals surface area contributed by atoms with Crippen LogP contribution in [-0.4, -0.2) is 33.6 Å². The van der Waals surface area contributed by atoms with Crippen LogP contribution in [0.4, 0.5) is 0 Å². The van der Waals surface area contributed by atoms with E-state index in [0.717, 1.165) is 11.1 Å². The second-order valence-electron chi connectivity index (χ2n) is 5.03. The molecule has 0 aliphatic carbocycles. The lowest BCUT2D eigenvalue weighted by atomic mass is 10.1. The van der Waals surface area contributed by atoms with Gasteiger partial charge in [-0.05, 0) is 5.56 Å². The van der Waals surface area contributed by atoms with Crippen molar-refractivity contribution in [3.05, 3.63) is 42.7 Å². The van der Waals surface area contributed by atoms with Crippen LogP contribution in [0.1, 0.15) is 13.8 Å². The molecule has 19 heavy (non-hydrogen) atoms. The number of benzene rings is 1. The van der Waals surface area contributed by atoms with Gasteiger partial charge in [-0.3, -0.25) is 4.68 Å². The van der Waals surface area contributed by atoms with E-state index in [-0.39, 0.29) is 0 Å². The Hall–Kier alpha value is -1.65. The molecule has 102 valence electrons. The summed E-state index contributed by atoms with van der Waals surface area (Å²) in [5.41, 5.74) is 2.22. The van der Waals surface area contributed by atoms with Gasteiger partial charge in [0.15, 0.2) is 0 Å². The molecule has 4 heteroatoms. The highest BCUT2D eigenvalue weighted by molar-refractivity contribution is 5.61. The molecule has 2 N–H and O–H groups in total. The molecule has 0 radical (unpaired) electrons. The van der Waals surface area contributed by atoms with E-state index in [1.54, 1.807) is 4.68 Å². The van der Waals surface area contributed by atoms with Crippen molar-refractivity contribution in [2.24, 2.45) is 0 Å². The third kappa shape index (κ3) is 4.19. The van der Waals surface area contributed by atoms with Crippen molar-refractivity contribution in [1.29, 1.82) is 0 Å². The average molecular weight is 259 g/mol. The predicted octanol–water partition coefficient (Wildman–Crippen LogP) is 1.91. The molecule has 1 unspecified atom stereocenters. The smallest absolute Gasteiger partial charge is 0.0860 e. The van der Waals surface area contributed by atoms with Gasteiger partial charge in [-0.15, -0.1) is 0 Å². The number of aromatic nitrogens is 2. The van der Waals surface area contributed by atoms with Crippen LogP contribution in [0.5, 0.6) is 0 Å². The second kappa shape index (κ2) is 6.50. The molecule has 0 bridgehead atoms. The Bertz CT molecular complexity index is 493. The van der Waals surface area contributed by atoms with Crippen molar-refractivity contribution in [2.75, 3.05) is 6.54 Å². The first-order chi connectivity index (χ1) is 9.15. The summed E-state index contributed by atoms with van der Waals surface area (Å²) < 4.78 is 1.79. The summed E-state index contributed by atoms with van der Waals surface area (Å²) >= 11 is 0. The topological polar surface area (TPSA) is 50.1 Å². The Labute approximate surface area is 114 Å². The molecule has 0 fully saturated rings. The molecular weight excluding hydrogens is 238 g/mol. The highest BCUT2D eigenvalue weighted by Gasteiger charge is 2.07. The van der Waals surface area contributed by atoms with E-state index in [9.17, 15) is 5.11 Å². The fourth-order valence-electron chi connectivity index (χ4n) is 1.90. The van der Waals surface area contributed by atoms with E-state index in [4.69, 9.17) is 0 Å². The number of nitrogens with zero attached hydrogens (tertiary/aromatic N) is 2. The summed E-state index contributed by atoms with van der Waals surface area (Å²) in [6.07, 6.45) is 3.37. The number of aliphatic hydroxyl groups is 1. The molecule has 0 aliphatic rings. The van der Waals surface area contributed by atoms with Gasteiger partial charge in [0, 0.05) is 24.3 Å². The predicted molar refractivity (Wildman–Crippen MR) is 76.8 cm³/mol. The fourth-order valence-corrected chi connectivity index (χ4v) is 1.90. The number of hydrogen-bond donors (Lipinski definition) is 2. The van der Waals surface area contributed by atoms with Gasteiger partial charge >= 0.3 is 0 Å². The van der Waals surface area contributed by atoms with Crippen molar-refractivity contribution < 1.29 is 5.11 Å². The highest BCUT2D eigenvalue weighted by Crippen LogP contribution is 2.17. The summed E-state index contributed by atoms with van der Waals surface area (Å²) in [6.45, 7) is 5.22. The summed E-state index contributed by atoms with van der Waals surface area (Å²) in [5.74, 6) is 0. The van der Waals surface area contributed by atoms with Crippen LogP contribution in [0, 0.1) is 0 Å². The molecule has 4 nitrogen and oxygen atoms in total. The highest BCUT2D eigenvalue weighted by atomic mass is 16.3. The fraction of sp³-hybridized carbons (Fsp3) is 0.400. The van der Waals surface area contributed by atoms with Gasteiger partial charge in [0.25, 0.3) is 0 Å². The first-order valence-electron chi connectivity index (χ1n) is 6.64. The van der Waals surface area contributed by atoms with E-state index in [1.165, 1.54) is 0 Å². The van der Waals surface area contributed by atoms with Gasteiger partial charge in [0.1, 0.15) is 0 Å². The number of aliphatic hydroxyl groups excluding tert-OH is 1. The van der Waals surface area contributed by atoms with Gasteiger partial charge in [-0.25, -0.2) is 0 Å². The van der Waals surface area contributed by atoms with E-state index < -0.39 is 6.10 Å². The Morgan fingerprint density at radius 2 is 1.95 bits per heavy atom. The Balaban J connectivity index is 1.94. The monoisotopic (exact) mass is 259 g/mol. The molecule has 1 heterocycles. The number of nitrogens with one attached hydrogen (secondary N) is 1. The van der Waals surface area contributed by atoms with Crippen molar-refractivity contribution in [1.82, 2.24) is 15.1 Å². The van der Waals surface area contributed by atoms with Gasteiger partial charge in [0.05, 0.1) is 18.8 Å². The normalized spacial score (nSPS) is 12.8. The standard InChI is InChI=1S/C15H21N3O/c1-12(2)16-9-15(19)11-18-10-14(8-17-18)13-6-4-3-5-7-13/h3-8,10,12,15-16,19H,9,11H2,1-2H3. The Morgan fingerprint density at radius 3 is 2.63 bits per heavy atom. The Morgan fingerprint density at radius 1 is 1.21 bits per heavy atom. The molecule has 1 atom stereocenters. The minimum absolute atomic E-state index is 0.382.